The van der Waals surface area contributed by atoms with E-state index in [2.05, 4.69) is 5.32 Å². The minimum Gasteiger partial charge on any atom is -0.322 e. The first kappa shape index (κ1) is 15.5. The molecule has 1 N–H and O–H groups in total. The van der Waals surface area contributed by atoms with Crippen LogP contribution in [0.5, 0.6) is 0 Å². The molecule has 0 atom stereocenters. The second-order valence-electron chi connectivity index (χ2n) is 5.87. The van der Waals surface area contributed by atoms with Gasteiger partial charge < -0.3 is 5.32 Å². The highest BCUT2D eigenvalue weighted by Gasteiger charge is 2.14. The lowest BCUT2D eigenvalue weighted by Gasteiger charge is -2.10. The standard InChI is InChI=1S/C21H16N2OS/c1-14-6-4-7-15(12-14)22-21(24)17-13-19(20-10-5-11-25-20)23-18-9-3-2-8-16(17)18/h2-13H,1H3,(H,22,24). The lowest BCUT2D eigenvalue weighted by atomic mass is 10.1. The van der Waals surface area contributed by atoms with Gasteiger partial charge in [0.05, 0.1) is 21.7 Å². The molecule has 0 fully saturated rings. The van der Waals surface area contributed by atoms with Crippen molar-refractivity contribution in [3.05, 3.63) is 83.2 Å². The summed E-state index contributed by atoms with van der Waals surface area (Å²) in [4.78, 5) is 18.7. The van der Waals surface area contributed by atoms with Crippen molar-refractivity contribution in [1.82, 2.24) is 4.98 Å². The molecule has 0 saturated carbocycles. The number of nitrogens with zero attached hydrogens (tertiary/aromatic N) is 1. The number of fused-ring (bicyclic) bond motifs is 1. The van der Waals surface area contributed by atoms with E-state index >= 15 is 0 Å². The van der Waals surface area contributed by atoms with Gasteiger partial charge in [-0.05, 0) is 48.2 Å². The maximum Gasteiger partial charge on any atom is 0.256 e. The number of anilines is 1. The molecule has 0 radical (unpaired) electrons. The number of pyridine rings is 1. The molecule has 2 heterocycles. The van der Waals surface area contributed by atoms with E-state index in [4.69, 9.17) is 4.98 Å². The van der Waals surface area contributed by atoms with Gasteiger partial charge in [0.25, 0.3) is 5.91 Å². The van der Waals surface area contributed by atoms with Crippen LogP contribution < -0.4 is 5.32 Å². The van der Waals surface area contributed by atoms with Gasteiger partial charge in [0, 0.05) is 11.1 Å². The van der Waals surface area contributed by atoms with Gasteiger partial charge in [-0.15, -0.1) is 11.3 Å². The quantitative estimate of drug-likeness (QED) is 0.531. The molecule has 4 aromatic rings. The Labute approximate surface area is 150 Å². The predicted molar refractivity (Wildman–Crippen MR) is 104 cm³/mol. The number of thiophene rings is 1. The summed E-state index contributed by atoms with van der Waals surface area (Å²) in [6.45, 7) is 2.01. The number of aromatic nitrogens is 1. The molecular formula is C21H16N2OS. The molecule has 4 heteroatoms. The van der Waals surface area contributed by atoms with E-state index < -0.39 is 0 Å². The maximum absolute atomic E-state index is 12.9. The molecule has 0 saturated heterocycles. The van der Waals surface area contributed by atoms with Gasteiger partial charge in [-0.2, -0.15) is 0 Å². The Morgan fingerprint density at radius 1 is 1.00 bits per heavy atom. The summed E-state index contributed by atoms with van der Waals surface area (Å²) in [5.74, 6) is -0.123. The number of nitrogens with one attached hydrogen (secondary N) is 1. The van der Waals surface area contributed by atoms with Crippen molar-refractivity contribution in [3.8, 4) is 10.6 Å². The minimum atomic E-state index is -0.123. The van der Waals surface area contributed by atoms with Crippen molar-refractivity contribution in [2.24, 2.45) is 0 Å². The van der Waals surface area contributed by atoms with Gasteiger partial charge in [-0.3, -0.25) is 4.79 Å². The lowest BCUT2D eigenvalue weighted by molar-refractivity contribution is 0.102. The van der Waals surface area contributed by atoms with E-state index in [0.29, 0.717) is 5.56 Å². The fourth-order valence-electron chi connectivity index (χ4n) is 2.84. The van der Waals surface area contributed by atoms with E-state index in [1.807, 2.05) is 79.0 Å². The maximum atomic E-state index is 12.9. The average molecular weight is 344 g/mol. The Morgan fingerprint density at radius 2 is 1.88 bits per heavy atom. The number of amides is 1. The Bertz CT molecular complexity index is 1050. The molecule has 1 amide bonds. The number of para-hydroxylation sites is 1. The number of benzene rings is 2. The van der Waals surface area contributed by atoms with Crippen molar-refractivity contribution in [2.75, 3.05) is 5.32 Å². The van der Waals surface area contributed by atoms with Crippen LogP contribution in [-0.2, 0) is 0 Å². The molecule has 4 rings (SSSR count). The van der Waals surface area contributed by atoms with Crippen molar-refractivity contribution in [2.45, 2.75) is 6.92 Å². The highest BCUT2D eigenvalue weighted by atomic mass is 32.1. The van der Waals surface area contributed by atoms with Crippen LogP contribution in [0.1, 0.15) is 15.9 Å². The van der Waals surface area contributed by atoms with Crippen molar-refractivity contribution >= 4 is 33.8 Å². The van der Waals surface area contributed by atoms with E-state index in [1.165, 1.54) is 0 Å². The predicted octanol–water partition coefficient (Wildman–Crippen LogP) is 5.52. The van der Waals surface area contributed by atoms with Crippen molar-refractivity contribution in [1.29, 1.82) is 0 Å². The molecule has 122 valence electrons. The normalized spacial score (nSPS) is 10.8. The summed E-state index contributed by atoms with van der Waals surface area (Å²) in [5.41, 5.74) is 4.18. The summed E-state index contributed by atoms with van der Waals surface area (Å²) in [7, 11) is 0. The number of hydrogen-bond acceptors (Lipinski definition) is 3. The van der Waals surface area contributed by atoms with Crippen LogP contribution in [-0.4, -0.2) is 10.9 Å². The molecule has 0 aliphatic heterocycles. The van der Waals surface area contributed by atoms with Crippen LogP contribution in [0.2, 0.25) is 0 Å². The minimum absolute atomic E-state index is 0.123. The zero-order valence-electron chi connectivity index (χ0n) is 13.7. The van der Waals surface area contributed by atoms with Crippen LogP contribution in [0.25, 0.3) is 21.5 Å². The molecule has 2 aromatic heterocycles. The van der Waals surface area contributed by atoms with Crippen LogP contribution in [0.15, 0.2) is 72.1 Å². The van der Waals surface area contributed by atoms with Crippen LogP contribution in [0, 0.1) is 6.92 Å². The van der Waals surface area contributed by atoms with Gasteiger partial charge in [0.15, 0.2) is 0 Å². The smallest absolute Gasteiger partial charge is 0.256 e. The molecule has 0 unspecified atom stereocenters. The first-order valence-electron chi connectivity index (χ1n) is 8.02. The zero-order chi connectivity index (χ0) is 17.2. The third kappa shape index (κ3) is 3.16. The van der Waals surface area contributed by atoms with Gasteiger partial charge in [0.1, 0.15) is 0 Å². The van der Waals surface area contributed by atoms with Crippen LogP contribution in [0.4, 0.5) is 5.69 Å². The molecule has 0 aliphatic rings. The van der Waals surface area contributed by atoms with Gasteiger partial charge >= 0.3 is 0 Å². The molecule has 0 bridgehead atoms. The molecular weight excluding hydrogens is 328 g/mol. The number of hydrogen-bond donors (Lipinski definition) is 1. The first-order chi connectivity index (χ1) is 12.2. The highest BCUT2D eigenvalue weighted by molar-refractivity contribution is 7.13. The summed E-state index contributed by atoms with van der Waals surface area (Å²) in [6.07, 6.45) is 0. The summed E-state index contributed by atoms with van der Waals surface area (Å²) in [5, 5.41) is 5.87. The molecule has 3 nitrogen and oxygen atoms in total. The van der Waals surface area contributed by atoms with Gasteiger partial charge in [-0.1, -0.05) is 36.4 Å². The monoisotopic (exact) mass is 344 g/mol. The largest absolute Gasteiger partial charge is 0.322 e. The van der Waals surface area contributed by atoms with Crippen LogP contribution in [0.3, 0.4) is 0 Å². The third-order valence-electron chi connectivity index (χ3n) is 4.01. The average Bonchev–Trinajstić information content (AvgIpc) is 3.15. The molecule has 25 heavy (non-hydrogen) atoms. The van der Waals surface area contributed by atoms with Crippen molar-refractivity contribution < 1.29 is 4.79 Å². The Balaban J connectivity index is 1.80. The fraction of sp³-hybridized carbons (Fsp3) is 0.0476. The number of carbonyl (C=O) groups is 1. The number of aryl methyl sites for hydroxylation is 1. The zero-order valence-corrected chi connectivity index (χ0v) is 14.5. The summed E-state index contributed by atoms with van der Waals surface area (Å²) >= 11 is 1.62. The van der Waals surface area contributed by atoms with Gasteiger partial charge in [0.2, 0.25) is 0 Å². The Kier molecular flexibility index (Phi) is 4.04. The number of rotatable bonds is 3. The van der Waals surface area contributed by atoms with E-state index in [-0.39, 0.29) is 5.91 Å². The third-order valence-corrected chi connectivity index (χ3v) is 4.90. The van der Waals surface area contributed by atoms with E-state index in [9.17, 15) is 4.79 Å². The van der Waals surface area contributed by atoms with E-state index in [1.54, 1.807) is 11.3 Å². The van der Waals surface area contributed by atoms with E-state index in [0.717, 1.165) is 32.7 Å². The topological polar surface area (TPSA) is 42.0 Å². The van der Waals surface area contributed by atoms with Crippen LogP contribution >= 0.6 is 11.3 Å². The fourth-order valence-corrected chi connectivity index (χ4v) is 3.52. The second kappa shape index (κ2) is 6.49. The molecule has 0 spiro atoms. The number of carbonyl (C=O) groups excluding carboxylic acids is 1. The first-order valence-corrected chi connectivity index (χ1v) is 8.90. The molecule has 2 aromatic carbocycles. The molecule has 0 aliphatic carbocycles. The Morgan fingerprint density at radius 3 is 2.68 bits per heavy atom. The SMILES string of the molecule is Cc1cccc(NC(=O)c2cc(-c3cccs3)nc3ccccc23)c1. The van der Waals surface area contributed by atoms with Crippen molar-refractivity contribution in [3.63, 3.8) is 0 Å². The Hall–Kier alpha value is -2.98. The lowest BCUT2D eigenvalue weighted by Crippen LogP contribution is -2.13. The summed E-state index contributed by atoms with van der Waals surface area (Å²) in [6, 6.07) is 21.4. The van der Waals surface area contributed by atoms with Gasteiger partial charge in [-0.25, -0.2) is 4.98 Å². The summed E-state index contributed by atoms with van der Waals surface area (Å²) < 4.78 is 0. The highest BCUT2D eigenvalue weighted by Crippen LogP contribution is 2.28. The second-order valence-corrected chi connectivity index (χ2v) is 6.82.